The Bertz CT molecular complexity index is 1550. The molecule has 3 heterocycles. The maximum absolute atomic E-state index is 15.2. The SMILES string of the molecule is COc1cc2c(-c3ccc(F)n3S(=O)(=O)c3ccc(C)cc3)cn(CCN3CCN(C)CC3)c2cc1OC. The summed E-state index contributed by atoms with van der Waals surface area (Å²) in [7, 11) is 1.08. The number of hydrogen-bond donors (Lipinski definition) is 0. The minimum atomic E-state index is -4.18. The highest BCUT2D eigenvalue weighted by molar-refractivity contribution is 7.90. The molecule has 0 radical (unpaired) electrons. The van der Waals surface area contributed by atoms with Gasteiger partial charge < -0.3 is 18.9 Å². The van der Waals surface area contributed by atoms with Crippen LogP contribution in [0.1, 0.15) is 5.56 Å². The summed E-state index contributed by atoms with van der Waals surface area (Å²) in [5, 5.41) is 0.750. The molecule has 1 saturated heterocycles. The van der Waals surface area contributed by atoms with Crippen LogP contribution in [0.15, 0.2) is 59.6 Å². The first-order valence-corrected chi connectivity index (χ1v) is 14.0. The van der Waals surface area contributed by atoms with Crippen molar-refractivity contribution in [3.05, 3.63) is 66.2 Å². The Kier molecular flexibility index (Phi) is 7.21. The molecule has 0 unspecified atom stereocenters. The van der Waals surface area contributed by atoms with E-state index in [0.717, 1.165) is 53.2 Å². The molecule has 0 N–H and O–H groups in total. The normalized spacial score (nSPS) is 15.3. The molecule has 4 aromatic rings. The number of nitrogens with zero attached hydrogens (tertiary/aromatic N) is 4. The number of likely N-dealkylation sites (N-methyl/N-ethyl adjacent to an activating group) is 1. The van der Waals surface area contributed by atoms with Crippen molar-refractivity contribution in [3.8, 4) is 22.8 Å². The maximum Gasteiger partial charge on any atom is 0.270 e. The molecule has 10 heteroatoms. The zero-order chi connectivity index (χ0) is 27.0. The second-order valence-electron chi connectivity index (χ2n) is 9.73. The van der Waals surface area contributed by atoms with Gasteiger partial charge in [-0.25, -0.2) is 12.4 Å². The van der Waals surface area contributed by atoms with Gasteiger partial charge in [0.2, 0.25) is 5.95 Å². The number of ether oxygens (including phenoxy) is 2. The van der Waals surface area contributed by atoms with E-state index in [-0.39, 0.29) is 10.6 Å². The number of hydrogen-bond acceptors (Lipinski definition) is 6. The molecule has 0 amide bonds. The third kappa shape index (κ3) is 4.79. The highest BCUT2D eigenvalue weighted by Gasteiger charge is 2.27. The van der Waals surface area contributed by atoms with Gasteiger partial charge in [-0.05, 0) is 44.3 Å². The van der Waals surface area contributed by atoms with Crippen molar-refractivity contribution < 1.29 is 22.3 Å². The topological polar surface area (TPSA) is 68.9 Å². The number of benzene rings is 2. The second kappa shape index (κ2) is 10.4. The molecule has 8 nitrogen and oxygen atoms in total. The van der Waals surface area contributed by atoms with Crippen LogP contribution in [0.25, 0.3) is 22.2 Å². The van der Waals surface area contributed by atoms with Crippen LogP contribution in [0.4, 0.5) is 4.39 Å². The van der Waals surface area contributed by atoms with Crippen LogP contribution >= 0.6 is 0 Å². The zero-order valence-electron chi connectivity index (χ0n) is 22.1. The third-order valence-corrected chi connectivity index (χ3v) is 8.99. The number of aryl methyl sites for hydroxylation is 1. The van der Waals surface area contributed by atoms with E-state index < -0.39 is 16.0 Å². The fourth-order valence-electron chi connectivity index (χ4n) is 4.98. The van der Waals surface area contributed by atoms with Gasteiger partial charge in [0.1, 0.15) is 0 Å². The second-order valence-corrected chi connectivity index (χ2v) is 11.5. The minimum absolute atomic E-state index is 0.0255. The van der Waals surface area contributed by atoms with Gasteiger partial charge in [-0.3, -0.25) is 4.90 Å². The molecule has 1 aliphatic rings. The van der Waals surface area contributed by atoms with E-state index in [1.807, 2.05) is 25.3 Å². The van der Waals surface area contributed by atoms with Crippen molar-refractivity contribution in [3.63, 3.8) is 0 Å². The molecular weight excluding hydrogens is 507 g/mol. The van der Waals surface area contributed by atoms with Gasteiger partial charge in [0.25, 0.3) is 10.0 Å². The summed E-state index contributed by atoms with van der Waals surface area (Å²) < 4.78 is 56.4. The quantitative estimate of drug-likeness (QED) is 0.336. The van der Waals surface area contributed by atoms with Crippen LogP contribution in [-0.2, 0) is 16.6 Å². The molecule has 0 bridgehead atoms. The summed E-state index contributed by atoms with van der Waals surface area (Å²) in [6, 6.07) is 12.8. The summed E-state index contributed by atoms with van der Waals surface area (Å²) in [6.45, 7) is 7.41. The predicted octanol–water partition coefficient (Wildman–Crippen LogP) is 4.06. The number of aromatic nitrogens is 2. The summed E-state index contributed by atoms with van der Waals surface area (Å²) in [6.07, 6.45) is 1.90. The fraction of sp³-hybridized carbons (Fsp3) is 0.357. The predicted molar refractivity (Wildman–Crippen MR) is 146 cm³/mol. The highest BCUT2D eigenvalue weighted by atomic mass is 32.2. The van der Waals surface area contributed by atoms with Crippen LogP contribution in [-0.4, -0.2) is 80.7 Å². The van der Waals surface area contributed by atoms with Crippen LogP contribution < -0.4 is 9.47 Å². The van der Waals surface area contributed by atoms with Gasteiger partial charge in [-0.1, -0.05) is 17.7 Å². The van der Waals surface area contributed by atoms with Crippen molar-refractivity contribution in [2.45, 2.75) is 18.4 Å². The standard InChI is InChI=1S/C28H33FN4O4S/c1-20-5-7-21(8-6-20)38(34,35)33-24(9-10-28(33)29)23-19-32(16-15-31-13-11-30(2)12-14-31)25-18-27(37-4)26(36-3)17-22(23)25/h5-10,17-19H,11-16H2,1-4H3. The lowest BCUT2D eigenvalue weighted by Gasteiger charge is -2.32. The number of piperazine rings is 1. The summed E-state index contributed by atoms with van der Waals surface area (Å²) >= 11 is 0. The summed E-state index contributed by atoms with van der Waals surface area (Å²) in [4.78, 5) is 4.75. The van der Waals surface area contributed by atoms with Gasteiger partial charge in [-0.2, -0.15) is 4.39 Å². The molecule has 2 aromatic heterocycles. The Morgan fingerprint density at radius 3 is 2.21 bits per heavy atom. The summed E-state index contributed by atoms with van der Waals surface area (Å²) in [5.41, 5.74) is 2.62. The molecule has 2 aromatic carbocycles. The first-order chi connectivity index (χ1) is 18.2. The van der Waals surface area contributed by atoms with E-state index in [1.54, 1.807) is 26.4 Å². The van der Waals surface area contributed by atoms with E-state index in [1.165, 1.54) is 24.3 Å². The zero-order valence-corrected chi connectivity index (χ0v) is 23.0. The first kappa shape index (κ1) is 26.3. The van der Waals surface area contributed by atoms with Crippen LogP contribution in [0, 0.1) is 12.9 Å². The molecule has 0 atom stereocenters. The Morgan fingerprint density at radius 1 is 0.895 bits per heavy atom. The molecule has 1 fully saturated rings. The average Bonchev–Trinajstić information content (AvgIpc) is 3.47. The monoisotopic (exact) mass is 540 g/mol. The van der Waals surface area contributed by atoms with Crippen molar-refractivity contribution >= 4 is 20.9 Å². The molecule has 1 aliphatic heterocycles. The minimum Gasteiger partial charge on any atom is -0.493 e. The number of rotatable bonds is 8. The molecule has 0 aliphatic carbocycles. The molecule has 38 heavy (non-hydrogen) atoms. The largest absolute Gasteiger partial charge is 0.493 e. The smallest absolute Gasteiger partial charge is 0.270 e. The fourth-order valence-corrected chi connectivity index (χ4v) is 6.38. The van der Waals surface area contributed by atoms with E-state index in [4.69, 9.17) is 9.47 Å². The van der Waals surface area contributed by atoms with Crippen molar-refractivity contribution in [1.29, 1.82) is 0 Å². The van der Waals surface area contributed by atoms with Crippen LogP contribution in [0.3, 0.4) is 0 Å². The molecule has 5 rings (SSSR count). The van der Waals surface area contributed by atoms with Gasteiger partial charge in [-0.15, -0.1) is 0 Å². The maximum atomic E-state index is 15.2. The Labute approximate surface area is 222 Å². The van der Waals surface area contributed by atoms with E-state index in [9.17, 15) is 8.42 Å². The van der Waals surface area contributed by atoms with Gasteiger partial charge in [0, 0.05) is 62.5 Å². The lowest BCUT2D eigenvalue weighted by Crippen LogP contribution is -2.45. The average molecular weight is 541 g/mol. The molecule has 202 valence electrons. The van der Waals surface area contributed by atoms with Crippen molar-refractivity contribution in [2.24, 2.45) is 0 Å². The van der Waals surface area contributed by atoms with E-state index in [2.05, 4.69) is 21.4 Å². The molecule has 0 saturated carbocycles. The Morgan fingerprint density at radius 2 is 1.55 bits per heavy atom. The van der Waals surface area contributed by atoms with E-state index in [0.29, 0.717) is 23.6 Å². The Balaban J connectivity index is 1.63. The number of halogens is 1. The third-order valence-electron chi connectivity index (χ3n) is 7.27. The van der Waals surface area contributed by atoms with Gasteiger partial charge in [0.05, 0.1) is 30.3 Å². The lowest BCUT2D eigenvalue weighted by atomic mass is 10.1. The highest BCUT2D eigenvalue weighted by Crippen LogP contribution is 2.39. The number of fused-ring (bicyclic) bond motifs is 1. The van der Waals surface area contributed by atoms with Crippen LogP contribution in [0.2, 0.25) is 0 Å². The van der Waals surface area contributed by atoms with Crippen molar-refractivity contribution in [1.82, 2.24) is 18.3 Å². The number of methoxy groups -OCH3 is 2. The lowest BCUT2D eigenvalue weighted by molar-refractivity contribution is 0.150. The van der Waals surface area contributed by atoms with Gasteiger partial charge >= 0.3 is 0 Å². The first-order valence-electron chi connectivity index (χ1n) is 12.6. The molecular formula is C28H33FN4O4S. The molecule has 0 spiro atoms. The van der Waals surface area contributed by atoms with E-state index >= 15 is 4.39 Å². The van der Waals surface area contributed by atoms with Crippen LogP contribution in [0.5, 0.6) is 11.5 Å². The van der Waals surface area contributed by atoms with Gasteiger partial charge in [0.15, 0.2) is 11.5 Å². The Hall–Kier alpha value is -3.34. The van der Waals surface area contributed by atoms with Crippen molar-refractivity contribution in [2.75, 3.05) is 54.0 Å². The summed E-state index contributed by atoms with van der Waals surface area (Å²) in [5.74, 6) is 0.233.